The van der Waals surface area contributed by atoms with E-state index < -0.39 is 6.37 Å². The molecule has 0 aliphatic heterocycles. The predicted molar refractivity (Wildman–Crippen MR) is 130 cm³/mol. The standard InChI is InChI=1S/C28H25NS/c1-2-7-19(8-3-1)17-20-15-16-29-26(18-20)25-12-6-11-23-24-14-13-21-9-4-5-10-22(21)27(24)30-28(23)25/h4-6,9-16,18-19H,1-3,7-8,17H2/i17D2. The maximum Gasteiger partial charge on any atom is 0.0719 e. The van der Waals surface area contributed by atoms with Gasteiger partial charge in [-0.25, -0.2) is 0 Å². The number of nitrogens with zero attached hydrogens (tertiary/aromatic N) is 1. The maximum absolute atomic E-state index is 8.90. The zero-order chi connectivity index (χ0) is 21.7. The second-order valence-electron chi connectivity index (χ2n) is 8.36. The van der Waals surface area contributed by atoms with Crippen molar-refractivity contribution in [2.45, 2.75) is 38.5 Å². The fraction of sp³-hybridized carbons (Fsp3) is 0.250. The average molecular weight is 410 g/mol. The fourth-order valence-electron chi connectivity index (χ4n) is 4.88. The molecular weight excluding hydrogens is 382 g/mol. The number of aromatic nitrogens is 1. The van der Waals surface area contributed by atoms with Gasteiger partial charge in [0.2, 0.25) is 0 Å². The van der Waals surface area contributed by atoms with Gasteiger partial charge in [-0.05, 0) is 40.8 Å². The third-order valence-electron chi connectivity index (χ3n) is 6.40. The van der Waals surface area contributed by atoms with Crippen LogP contribution in [0.25, 0.3) is 42.2 Å². The molecule has 2 heteroatoms. The summed E-state index contributed by atoms with van der Waals surface area (Å²) in [5.41, 5.74) is 2.72. The van der Waals surface area contributed by atoms with Crippen molar-refractivity contribution < 1.29 is 2.74 Å². The Kier molecular flexibility index (Phi) is 4.02. The minimum atomic E-state index is -1.32. The van der Waals surface area contributed by atoms with Crippen LogP contribution in [0.2, 0.25) is 0 Å². The van der Waals surface area contributed by atoms with Crippen LogP contribution in [0.1, 0.15) is 40.4 Å². The fourth-order valence-corrected chi connectivity index (χ4v) is 6.24. The van der Waals surface area contributed by atoms with Crippen molar-refractivity contribution in [1.29, 1.82) is 0 Å². The molecule has 0 spiro atoms. The van der Waals surface area contributed by atoms with Crippen molar-refractivity contribution in [3.8, 4) is 11.3 Å². The van der Waals surface area contributed by atoms with E-state index in [0.717, 1.165) is 42.5 Å². The molecule has 2 heterocycles. The lowest BCUT2D eigenvalue weighted by atomic mass is 9.85. The van der Waals surface area contributed by atoms with Gasteiger partial charge in [-0.2, -0.15) is 0 Å². The van der Waals surface area contributed by atoms with Gasteiger partial charge in [0, 0.05) is 34.7 Å². The molecule has 1 fully saturated rings. The molecule has 0 N–H and O–H groups in total. The van der Waals surface area contributed by atoms with Gasteiger partial charge < -0.3 is 0 Å². The molecule has 0 atom stereocenters. The molecule has 5 aromatic rings. The zero-order valence-electron chi connectivity index (χ0n) is 18.9. The van der Waals surface area contributed by atoms with Crippen molar-refractivity contribution in [2.75, 3.05) is 0 Å². The first kappa shape index (κ1) is 16.0. The molecule has 2 aromatic heterocycles. The van der Waals surface area contributed by atoms with Gasteiger partial charge in [-0.1, -0.05) is 86.7 Å². The lowest BCUT2D eigenvalue weighted by Crippen LogP contribution is -2.09. The molecule has 0 radical (unpaired) electrons. The lowest BCUT2D eigenvalue weighted by Gasteiger charge is -2.21. The molecule has 0 unspecified atom stereocenters. The Bertz CT molecular complexity index is 1450. The quantitative estimate of drug-likeness (QED) is 0.291. The molecule has 1 saturated carbocycles. The first-order valence-electron chi connectivity index (χ1n) is 11.9. The smallest absolute Gasteiger partial charge is 0.0719 e. The van der Waals surface area contributed by atoms with E-state index in [-0.39, 0.29) is 5.92 Å². The highest BCUT2D eigenvalue weighted by Gasteiger charge is 2.16. The third kappa shape index (κ3) is 3.11. The van der Waals surface area contributed by atoms with E-state index in [9.17, 15) is 0 Å². The summed E-state index contributed by atoms with van der Waals surface area (Å²) in [6, 6.07) is 23.3. The van der Waals surface area contributed by atoms with Gasteiger partial charge in [-0.3, -0.25) is 4.98 Å². The molecule has 1 nitrogen and oxygen atoms in total. The highest BCUT2D eigenvalue weighted by Crippen LogP contribution is 2.42. The largest absolute Gasteiger partial charge is 0.256 e. The van der Waals surface area contributed by atoms with Crippen LogP contribution in [0.3, 0.4) is 0 Å². The molecule has 1 aliphatic rings. The van der Waals surface area contributed by atoms with E-state index in [1.165, 1.54) is 37.4 Å². The van der Waals surface area contributed by atoms with Crippen LogP contribution in [0.5, 0.6) is 0 Å². The van der Waals surface area contributed by atoms with Crippen LogP contribution in [0.15, 0.2) is 72.9 Å². The number of pyridine rings is 1. The van der Waals surface area contributed by atoms with Crippen LogP contribution in [-0.4, -0.2) is 4.98 Å². The lowest BCUT2D eigenvalue weighted by molar-refractivity contribution is 0.356. The Hall–Kier alpha value is -2.71. The van der Waals surface area contributed by atoms with Crippen LogP contribution < -0.4 is 0 Å². The predicted octanol–water partition coefficient (Wildman–Crippen LogP) is 8.39. The van der Waals surface area contributed by atoms with E-state index in [2.05, 4.69) is 54.6 Å². The number of hydrogen-bond donors (Lipinski definition) is 0. The topological polar surface area (TPSA) is 12.9 Å². The molecule has 0 saturated heterocycles. The monoisotopic (exact) mass is 409 g/mol. The van der Waals surface area contributed by atoms with Crippen molar-refractivity contribution in [2.24, 2.45) is 5.92 Å². The molecule has 0 bridgehead atoms. The van der Waals surface area contributed by atoms with Gasteiger partial charge in [0.15, 0.2) is 0 Å². The van der Waals surface area contributed by atoms with E-state index in [1.807, 2.05) is 23.5 Å². The second-order valence-corrected chi connectivity index (χ2v) is 9.38. The number of benzene rings is 3. The van der Waals surface area contributed by atoms with Crippen LogP contribution >= 0.6 is 11.3 Å². The highest BCUT2D eigenvalue weighted by molar-refractivity contribution is 7.27. The normalized spacial score (nSPS) is 16.8. The average Bonchev–Trinajstić information content (AvgIpc) is 3.24. The summed E-state index contributed by atoms with van der Waals surface area (Å²) in [5.74, 6) is 0.0954. The molecule has 30 heavy (non-hydrogen) atoms. The summed E-state index contributed by atoms with van der Waals surface area (Å²) < 4.78 is 20.3. The number of fused-ring (bicyclic) bond motifs is 5. The van der Waals surface area contributed by atoms with Crippen molar-refractivity contribution in [3.63, 3.8) is 0 Å². The van der Waals surface area contributed by atoms with Gasteiger partial charge in [0.1, 0.15) is 0 Å². The summed E-state index contributed by atoms with van der Waals surface area (Å²) in [4.78, 5) is 4.69. The molecule has 148 valence electrons. The summed E-state index contributed by atoms with van der Waals surface area (Å²) in [6.07, 6.45) is 5.92. The SMILES string of the molecule is [2H]C([2H])(c1ccnc(-c2cccc3c2sc2c4ccccc4ccc32)c1)C1CCCCC1. The minimum absolute atomic E-state index is 0.0954. The summed E-state index contributed by atoms with van der Waals surface area (Å²) in [6.45, 7) is 0. The second kappa shape index (κ2) is 7.52. The first-order chi connectivity index (χ1) is 15.6. The van der Waals surface area contributed by atoms with Crippen molar-refractivity contribution in [3.05, 3.63) is 78.5 Å². The van der Waals surface area contributed by atoms with Crippen molar-refractivity contribution in [1.82, 2.24) is 4.98 Å². The van der Waals surface area contributed by atoms with E-state index in [4.69, 9.17) is 7.73 Å². The Morgan fingerprint density at radius 3 is 2.60 bits per heavy atom. The highest BCUT2D eigenvalue weighted by atomic mass is 32.1. The third-order valence-corrected chi connectivity index (χ3v) is 7.69. The number of thiophene rings is 1. The Labute approximate surface area is 184 Å². The number of hydrogen-bond acceptors (Lipinski definition) is 2. The Balaban J connectivity index is 1.51. The maximum atomic E-state index is 8.90. The summed E-state index contributed by atoms with van der Waals surface area (Å²) >= 11 is 1.82. The van der Waals surface area contributed by atoms with E-state index >= 15 is 0 Å². The number of rotatable bonds is 3. The molecule has 6 rings (SSSR count). The summed E-state index contributed by atoms with van der Waals surface area (Å²) in [5, 5.41) is 5.07. The minimum Gasteiger partial charge on any atom is -0.256 e. The van der Waals surface area contributed by atoms with E-state index in [0.29, 0.717) is 0 Å². The van der Waals surface area contributed by atoms with Crippen LogP contribution in [0.4, 0.5) is 0 Å². The van der Waals surface area contributed by atoms with Gasteiger partial charge in [0.05, 0.1) is 5.69 Å². The first-order valence-corrected chi connectivity index (χ1v) is 11.7. The molecular formula is C28H25NS. The van der Waals surface area contributed by atoms with Crippen LogP contribution in [-0.2, 0) is 6.37 Å². The van der Waals surface area contributed by atoms with Gasteiger partial charge in [-0.15, -0.1) is 11.3 Å². The van der Waals surface area contributed by atoms with Gasteiger partial charge >= 0.3 is 0 Å². The van der Waals surface area contributed by atoms with Crippen molar-refractivity contribution >= 4 is 42.3 Å². The van der Waals surface area contributed by atoms with Gasteiger partial charge in [0.25, 0.3) is 0 Å². The van der Waals surface area contributed by atoms with Crippen LogP contribution in [0, 0.1) is 5.92 Å². The zero-order valence-corrected chi connectivity index (χ0v) is 17.7. The van der Waals surface area contributed by atoms with E-state index in [1.54, 1.807) is 6.20 Å². The Morgan fingerprint density at radius 2 is 1.67 bits per heavy atom. The molecule has 3 aromatic carbocycles. The summed E-state index contributed by atoms with van der Waals surface area (Å²) in [7, 11) is 0. The molecule has 0 amide bonds. The molecule has 1 aliphatic carbocycles. The Morgan fingerprint density at radius 1 is 0.833 bits per heavy atom.